The highest BCUT2D eigenvalue weighted by Crippen LogP contribution is 2.35. The Labute approximate surface area is 215 Å². The van der Waals surface area contributed by atoms with Gasteiger partial charge in [-0.05, 0) is 43.7 Å². The second-order valence-electron chi connectivity index (χ2n) is 8.26. The molecular formula is C27H23ClF3N3O3. The Morgan fingerprint density at radius 2 is 1.89 bits per heavy atom. The highest BCUT2D eigenvalue weighted by Gasteiger charge is 2.31. The highest BCUT2D eigenvalue weighted by molar-refractivity contribution is 6.31. The van der Waals surface area contributed by atoms with E-state index in [1.165, 1.54) is 25.5 Å². The van der Waals surface area contributed by atoms with E-state index in [-0.39, 0.29) is 22.9 Å². The predicted molar refractivity (Wildman–Crippen MR) is 138 cm³/mol. The summed E-state index contributed by atoms with van der Waals surface area (Å²) in [5, 5.41) is 4.95. The molecule has 0 radical (unpaired) electrons. The number of fused-ring (bicyclic) bond motifs is 1. The lowest BCUT2D eigenvalue weighted by Crippen LogP contribution is -2.20. The minimum Gasteiger partial charge on any atom is -0.493 e. The number of rotatable bonds is 7. The zero-order valence-corrected chi connectivity index (χ0v) is 21.0. The van der Waals surface area contributed by atoms with Crippen molar-refractivity contribution in [2.24, 2.45) is 5.10 Å². The SMILES string of the molecule is CC[C@H](C)Oc1c(C=Nn2c(-c3cccc(C(F)(F)F)c3)nc3ccccc3c2=O)cc(Cl)cc1OC. The molecule has 4 rings (SSSR count). The van der Waals surface area contributed by atoms with Crippen molar-refractivity contribution in [3.8, 4) is 22.9 Å². The summed E-state index contributed by atoms with van der Waals surface area (Å²) in [5.74, 6) is 0.688. The highest BCUT2D eigenvalue weighted by atomic mass is 35.5. The summed E-state index contributed by atoms with van der Waals surface area (Å²) in [6, 6.07) is 14.3. The smallest absolute Gasteiger partial charge is 0.416 e. The maximum Gasteiger partial charge on any atom is 0.416 e. The molecule has 0 bridgehead atoms. The Bertz CT molecular complexity index is 1530. The molecule has 0 saturated carbocycles. The topological polar surface area (TPSA) is 65.7 Å². The molecule has 0 N–H and O–H groups in total. The summed E-state index contributed by atoms with van der Waals surface area (Å²) in [4.78, 5) is 17.9. The first-order valence-electron chi connectivity index (χ1n) is 11.4. The van der Waals surface area contributed by atoms with Crippen molar-refractivity contribution >= 4 is 28.7 Å². The van der Waals surface area contributed by atoms with E-state index >= 15 is 0 Å². The largest absolute Gasteiger partial charge is 0.493 e. The lowest BCUT2D eigenvalue weighted by molar-refractivity contribution is -0.137. The molecule has 192 valence electrons. The van der Waals surface area contributed by atoms with Crippen molar-refractivity contribution in [1.29, 1.82) is 0 Å². The van der Waals surface area contributed by atoms with Crippen LogP contribution in [-0.4, -0.2) is 29.1 Å². The van der Waals surface area contributed by atoms with Gasteiger partial charge in [0.2, 0.25) is 0 Å². The summed E-state index contributed by atoms with van der Waals surface area (Å²) < 4.78 is 52.7. The zero-order chi connectivity index (χ0) is 26.7. The molecule has 6 nitrogen and oxygen atoms in total. The molecule has 0 amide bonds. The van der Waals surface area contributed by atoms with Crippen LogP contribution < -0.4 is 15.0 Å². The van der Waals surface area contributed by atoms with Gasteiger partial charge in [0.1, 0.15) is 0 Å². The number of methoxy groups -OCH3 is 1. The van der Waals surface area contributed by atoms with E-state index in [4.69, 9.17) is 21.1 Å². The van der Waals surface area contributed by atoms with Gasteiger partial charge < -0.3 is 9.47 Å². The van der Waals surface area contributed by atoms with Crippen molar-refractivity contribution in [2.45, 2.75) is 32.5 Å². The first-order valence-corrected chi connectivity index (χ1v) is 11.8. The molecule has 0 aliphatic carbocycles. The van der Waals surface area contributed by atoms with Gasteiger partial charge >= 0.3 is 6.18 Å². The van der Waals surface area contributed by atoms with Gasteiger partial charge in [0.25, 0.3) is 5.56 Å². The van der Waals surface area contributed by atoms with E-state index in [1.807, 2.05) is 13.8 Å². The van der Waals surface area contributed by atoms with Gasteiger partial charge in [-0.1, -0.05) is 42.8 Å². The first-order chi connectivity index (χ1) is 17.6. The molecule has 37 heavy (non-hydrogen) atoms. The number of benzene rings is 3. The summed E-state index contributed by atoms with van der Waals surface area (Å²) in [5.41, 5.74) is -0.592. The first kappa shape index (κ1) is 26.2. The summed E-state index contributed by atoms with van der Waals surface area (Å²) in [6.45, 7) is 3.85. The summed E-state index contributed by atoms with van der Waals surface area (Å²) in [6.07, 6.45) is -2.66. The van der Waals surface area contributed by atoms with Gasteiger partial charge in [0.15, 0.2) is 17.3 Å². The van der Waals surface area contributed by atoms with E-state index in [0.29, 0.717) is 27.6 Å². The molecule has 0 aliphatic rings. The Balaban J connectivity index is 1.94. The molecule has 4 aromatic rings. The molecular weight excluding hydrogens is 507 g/mol. The van der Waals surface area contributed by atoms with Gasteiger partial charge in [-0.2, -0.15) is 22.9 Å². The molecule has 1 aromatic heterocycles. The van der Waals surface area contributed by atoms with Crippen molar-refractivity contribution in [3.05, 3.63) is 87.2 Å². The quantitative estimate of drug-likeness (QED) is 0.247. The number of hydrogen-bond donors (Lipinski definition) is 0. The van der Waals surface area contributed by atoms with Crippen molar-refractivity contribution in [2.75, 3.05) is 7.11 Å². The van der Waals surface area contributed by atoms with Crippen LogP contribution in [0.3, 0.4) is 0 Å². The number of halogens is 4. The van der Waals surface area contributed by atoms with Crippen LogP contribution in [-0.2, 0) is 6.18 Å². The van der Waals surface area contributed by atoms with E-state index in [9.17, 15) is 18.0 Å². The van der Waals surface area contributed by atoms with Gasteiger partial charge in [-0.25, -0.2) is 4.98 Å². The molecule has 1 heterocycles. The molecule has 0 saturated heterocycles. The number of aromatic nitrogens is 2. The third-order valence-corrected chi connectivity index (χ3v) is 5.89. The van der Waals surface area contributed by atoms with Crippen LogP contribution in [0.1, 0.15) is 31.4 Å². The van der Waals surface area contributed by atoms with Crippen LogP contribution in [0.4, 0.5) is 13.2 Å². The van der Waals surface area contributed by atoms with E-state index in [2.05, 4.69) is 10.1 Å². The number of nitrogens with zero attached hydrogens (tertiary/aromatic N) is 3. The van der Waals surface area contributed by atoms with Crippen LogP contribution >= 0.6 is 11.6 Å². The fraction of sp³-hybridized carbons (Fsp3) is 0.222. The Morgan fingerprint density at radius 1 is 1.14 bits per heavy atom. The third-order valence-electron chi connectivity index (χ3n) is 5.68. The molecule has 0 fully saturated rings. The standard InChI is InChI=1S/C27H23ClF3N3O3/c1-4-16(2)37-24-18(13-20(28)14-23(24)36-3)15-32-34-25(17-8-7-9-19(12-17)27(29,30)31)33-22-11-6-5-10-21(22)26(34)35/h5-16H,4H2,1-3H3/t16-/m0/s1. The Kier molecular flexibility index (Phi) is 7.54. The number of hydrogen-bond acceptors (Lipinski definition) is 5. The third kappa shape index (κ3) is 5.61. The van der Waals surface area contributed by atoms with E-state index in [0.717, 1.165) is 23.2 Å². The maximum atomic E-state index is 13.4. The Morgan fingerprint density at radius 3 is 2.59 bits per heavy atom. The van der Waals surface area contributed by atoms with Gasteiger partial charge in [0, 0.05) is 22.2 Å². The fourth-order valence-electron chi connectivity index (χ4n) is 3.62. The van der Waals surface area contributed by atoms with Gasteiger partial charge in [-0.3, -0.25) is 4.79 Å². The van der Waals surface area contributed by atoms with Crippen molar-refractivity contribution < 1.29 is 22.6 Å². The van der Waals surface area contributed by atoms with E-state index < -0.39 is 17.3 Å². The van der Waals surface area contributed by atoms with Crippen LogP contribution in [0.25, 0.3) is 22.3 Å². The Hall–Kier alpha value is -3.85. The average molecular weight is 530 g/mol. The van der Waals surface area contributed by atoms with Gasteiger partial charge in [0.05, 0.1) is 35.9 Å². The maximum absolute atomic E-state index is 13.4. The molecule has 0 spiro atoms. The molecule has 0 unspecified atom stereocenters. The lowest BCUT2D eigenvalue weighted by Gasteiger charge is -2.18. The van der Waals surface area contributed by atoms with Crippen LogP contribution in [0.15, 0.2) is 70.6 Å². The molecule has 1 atom stereocenters. The molecule has 0 aliphatic heterocycles. The molecule has 3 aromatic carbocycles. The number of alkyl halides is 3. The van der Waals surface area contributed by atoms with Gasteiger partial charge in [-0.15, -0.1) is 0 Å². The fourth-order valence-corrected chi connectivity index (χ4v) is 3.84. The normalized spacial score (nSPS) is 12.7. The summed E-state index contributed by atoms with van der Waals surface area (Å²) >= 11 is 6.26. The lowest BCUT2D eigenvalue weighted by atomic mass is 10.1. The monoisotopic (exact) mass is 529 g/mol. The van der Waals surface area contributed by atoms with Crippen molar-refractivity contribution in [3.63, 3.8) is 0 Å². The number of ether oxygens (including phenoxy) is 2. The van der Waals surface area contributed by atoms with Crippen molar-refractivity contribution in [1.82, 2.24) is 9.66 Å². The summed E-state index contributed by atoms with van der Waals surface area (Å²) in [7, 11) is 1.47. The minimum atomic E-state index is -4.57. The van der Waals surface area contributed by atoms with Crippen LogP contribution in [0.5, 0.6) is 11.5 Å². The average Bonchev–Trinajstić information content (AvgIpc) is 2.88. The predicted octanol–water partition coefficient (Wildman–Crippen LogP) is 6.80. The number of para-hydroxylation sites is 1. The zero-order valence-electron chi connectivity index (χ0n) is 20.2. The second-order valence-corrected chi connectivity index (χ2v) is 8.69. The van der Waals surface area contributed by atoms with E-state index in [1.54, 1.807) is 36.4 Å². The minimum absolute atomic E-state index is 0.0514. The molecule has 10 heteroatoms. The van der Waals surface area contributed by atoms with Crippen LogP contribution in [0.2, 0.25) is 5.02 Å². The second kappa shape index (κ2) is 10.6. The van der Waals surface area contributed by atoms with Crippen LogP contribution in [0, 0.1) is 0 Å².